The first-order valence-corrected chi connectivity index (χ1v) is 8.58. The number of ether oxygens (including phenoxy) is 1. The third-order valence-electron chi connectivity index (χ3n) is 4.44. The molecule has 1 aliphatic carbocycles. The Bertz CT molecular complexity index is 641. The van der Waals surface area contributed by atoms with Crippen LogP contribution in [0.25, 0.3) is 0 Å². The Kier molecular flexibility index (Phi) is 3.43. The number of fused-ring (bicyclic) bond motifs is 2. The number of hydrogen-bond donors (Lipinski definition) is 1. The third-order valence-corrected chi connectivity index (χ3v) is 5.67. The monoisotopic (exact) mass is 300 g/mol. The van der Waals surface area contributed by atoms with Crippen molar-refractivity contribution in [3.63, 3.8) is 0 Å². The van der Waals surface area contributed by atoms with Crippen LogP contribution in [0.1, 0.15) is 45.6 Å². The van der Waals surface area contributed by atoms with Gasteiger partial charge in [-0.15, -0.1) is 11.3 Å². The molecule has 1 atom stereocenters. The number of rotatable bonds is 3. The molecule has 1 unspecified atom stereocenters. The summed E-state index contributed by atoms with van der Waals surface area (Å²) in [4.78, 5) is 6.42. The van der Waals surface area contributed by atoms with Gasteiger partial charge in [-0.05, 0) is 56.0 Å². The molecule has 0 amide bonds. The molecule has 1 aromatic heterocycles. The minimum Gasteiger partial charge on any atom is -0.493 e. The van der Waals surface area contributed by atoms with E-state index in [-0.39, 0.29) is 6.04 Å². The number of aryl methyl sites for hydroxylation is 2. The lowest BCUT2D eigenvalue weighted by molar-refractivity contribution is 0.357. The minimum absolute atomic E-state index is 0.200. The van der Waals surface area contributed by atoms with Crippen LogP contribution in [0.15, 0.2) is 18.2 Å². The van der Waals surface area contributed by atoms with Crippen molar-refractivity contribution >= 4 is 11.3 Å². The molecule has 0 bridgehead atoms. The molecule has 0 saturated heterocycles. The normalized spacial score (nSPS) is 18.0. The molecule has 21 heavy (non-hydrogen) atoms. The summed E-state index contributed by atoms with van der Waals surface area (Å²) in [5.41, 5.74) is 3.97. The Hall–Kier alpha value is -1.39. The number of nitrogens with one attached hydrogen (secondary N) is 1. The summed E-state index contributed by atoms with van der Waals surface area (Å²) in [5, 5.41) is 4.65. The van der Waals surface area contributed by atoms with Crippen molar-refractivity contribution in [3.8, 4) is 5.75 Å². The second kappa shape index (κ2) is 5.43. The molecule has 4 heteroatoms. The zero-order valence-corrected chi connectivity index (χ0v) is 13.1. The summed E-state index contributed by atoms with van der Waals surface area (Å²) >= 11 is 1.89. The molecular weight excluding hydrogens is 280 g/mol. The van der Waals surface area contributed by atoms with Gasteiger partial charge in [0.1, 0.15) is 10.8 Å². The topological polar surface area (TPSA) is 34.1 Å². The summed E-state index contributed by atoms with van der Waals surface area (Å²) in [6.45, 7) is 0.814. The largest absolute Gasteiger partial charge is 0.493 e. The molecular formula is C17H20N2OS. The van der Waals surface area contributed by atoms with E-state index in [1.807, 2.05) is 18.4 Å². The van der Waals surface area contributed by atoms with Gasteiger partial charge < -0.3 is 10.1 Å². The highest BCUT2D eigenvalue weighted by Crippen LogP contribution is 2.34. The maximum absolute atomic E-state index is 5.61. The maximum atomic E-state index is 5.61. The summed E-state index contributed by atoms with van der Waals surface area (Å²) in [6, 6.07) is 6.76. The van der Waals surface area contributed by atoms with E-state index >= 15 is 0 Å². The Balaban J connectivity index is 1.69. The summed E-state index contributed by atoms with van der Waals surface area (Å²) < 4.78 is 5.61. The van der Waals surface area contributed by atoms with Crippen LogP contribution in [0.2, 0.25) is 0 Å². The van der Waals surface area contributed by atoms with Gasteiger partial charge in [-0.1, -0.05) is 6.07 Å². The third kappa shape index (κ3) is 2.36. The van der Waals surface area contributed by atoms with Crippen LogP contribution in [0.3, 0.4) is 0 Å². The van der Waals surface area contributed by atoms with Gasteiger partial charge in [-0.2, -0.15) is 0 Å². The highest BCUT2D eigenvalue weighted by molar-refractivity contribution is 7.11. The van der Waals surface area contributed by atoms with Crippen LogP contribution >= 0.6 is 11.3 Å². The number of nitrogens with zero attached hydrogens (tertiary/aromatic N) is 1. The molecule has 0 saturated carbocycles. The molecule has 1 aromatic carbocycles. The smallest absolute Gasteiger partial charge is 0.122 e. The molecule has 110 valence electrons. The van der Waals surface area contributed by atoms with E-state index < -0.39 is 0 Å². The second-order valence-electron chi connectivity index (χ2n) is 5.82. The van der Waals surface area contributed by atoms with Crippen molar-refractivity contribution in [2.24, 2.45) is 0 Å². The molecule has 0 fully saturated rings. The minimum atomic E-state index is 0.200. The number of benzene rings is 1. The Morgan fingerprint density at radius 2 is 2.14 bits per heavy atom. The Morgan fingerprint density at radius 1 is 1.24 bits per heavy atom. The van der Waals surface area contributed by atoms with E-state index in [0.29, 0.717) is 0 Å². The van der Waals surface area contributed by atoms with Crippen LogP contribution in [0.5, 0.6) is 5.75 Å². The van der Waals surface area contributed by atoms with Gasteiger partial charge in [0, 0.05) is 11.3 Å². The van der Waals surface area contributed by atoms with E-state index in [2.05, 4.69) is 23.5 Å². The first-order chi connectivity index (χ1) is 10.3. The fourth-order valence-electron chi connectivity index (χ4n) is 3.31. The predicted molar refractivity (Wildman–Crippen MR) is 85.3 cm³/mol. The average Bonchev–Trinajstić information content (AvgIpc) is 3.13. The lowest BCUT2D eigenvalue weighted by atomic mass is 10.0. The SMILES string of the molecule is CNC(c1ccc2c(c1)CCO2)c1nc2c(s1)CCCC2. The molecule has 1 aliphatic heterocycles. The zero-order valence-electron chi connectivity index (χ0n) is 12.3. The van der Waals surface area contributed by atoms with Gasteiger partial charge in [0.15, 0.2) is 0 Å². The van der Waals surface area contributed by atoms with Crippen LogP contribution in [-0.2, 0) is 19.3 Å². The summed E-state index contributed by atoms with van der Waals surface area (Å²) in [5.74, 6) is 1.05. The summed E-state index contributed by atoms with van der Waals surface area (Å²) in [7, 11) is 2.02. The number of thiazole rings is 1. The fourth-order valence-corrected chi connectivity index (χ4v) is 4.61. The maximum Gasteiger partial charge on any atom is 0.122 e. The van der Waals surface area contributed by atoms with Gasteiger partial charge >= 0.3 is 0 Å². The molecule has 3 nitrogen and oxygen atoms in total. The van der Waals surface area contributed by atoms with Crippen molar-refractivity contribution in [2.75, 3.05) is 13.7 Å². The van der Waals surface area contributed by atoms with Crippen LogP contribution in [0.4, 0.5) is 0 Å². The lowest BCUT2D eigenvalue weighted by Crippen LogP contribution is -2.17. The van der Waals surface area contributed by atoms with Crippen molar-refractivity contribution < 1.29 is 4.74 Å². The fraction of sp³-hybridized carbons (Fsp3) is 0.471. The zero-order chi connectivity index (χ0) is 14.2. The van der Waals surface area contributed by atoms with Gasteiger partial charge in [0.2, 0.25) is 0 Å². The van der Waals surface area contributed by atoms with E-state index in [4.69, 9.17) is 9.72 Å². The highest BCUT2D eigenvalue weighted by Gasteiger charge is 2.22. The van der Waals surface area contributed by atoms with E-state index in [0.717, 1.165) is 25.2 Å². The first-order valence-electron chi connectivity index (χ1n) is 7.76. The number of aromatic nitrogens is 1. The Morgan fingerprint density at radius 3 is 3.00 bits per heavy atom. The summed E-state index contributed by atoms with van der Waals surface area (Å²) in [6.07, 6.45) is 5.99. The molecule has 2 heterocycles. The average molecular weight is 300 g/mol. The first kappa shape index (κ1) is 13.3. The van der Waals surface area contributed by atoms with Crippen LogP contribution in [0, 0.1) is 0 Å². The van der Waals surface area contributed by atoms with Crippen molar-refractivity contribution in [1.29, 1.82) is 0 Å². The van der Waals surface area contributed by atoms with Gasteiger partial charge in [0.05, 0.1) is 18.3 Å². The van der Waals surface area contributed by atoms with Crippen LogP contribution < -0.4 is 10.1 Å². The standard InChI is InChI=1S/C17H20N2OS/c1-18-16(12-6-7-14-11(10-12)8-9-20-14)17-19-13-4-2-3-5-15(13)21-17/h6-7,10,16,18H,2-5,8-9H2,1H3. The van der Waals surface area contributed by atoms with Crippen molar-refractivity contribution in [2.45, 2.75) is 38.1 Å². The lowest BCUT2D eigenvalue weighted by Gasteiger charge is -2.15. The van der Waals surface area contributed by atoms with Crippen molar-refractivity contribution in [1.82, 2.24) is 10.3 Å². The molecule has 0 spiro atoms. The van der Waals surface area contributed by atoms with Gasteiger partial charge in [-0.25, -0.2) is 4.98 Å². The highest BCUT2D eigenvalue weighted by atomic mass is 32.1. The van der Waals surface area contributed by atoms with Gasteiger partial charge in [-0.3, -0.25) is 0 Å². The predicted octanol–water partition coefficient (Wildman–Crippen LogP) is 3.27. The van der Waals surface area contributed by atoms with E-state index in [1.54, 1.807) is 0 Å². The quantitative estimate of drug-likeness (QED) is 0.944. The van der Waals surface area contributed by atoms with E-state index in [1.165, 1.54) is 46.0 Å². The molecule has 2 aromatic rings. The second-order valence-corrected chi connectivity index (χ2v) is 6.93. The Labute approximate surface area is 129 Å². The number of hydrogen-bond acceptors (Lipinski definition) is 4. The molecule has 0 radical (unpaired) electrons. The molecule has 4 rings (SSSR count). The van der Waals surface area contributed by atoms with E-state index in [9.17, 15) is 0 Å². The molecule has 2 aliphatic rings. The molecule has 1 N–H and O–H groups in total. The van der Waals surface area contributed by atoms with Crippen molar-refractivity contribution in [3.05, 3.63) is 44.9 Å². The van der Waals surface area contributed by atoms with Gasteiger partial charge in [0.25, 0.3) is 0 Å². The van der Waals surface area contributed by atoms with Crippen LogP contribution in [-0.4, -0.2) is 18.6 Å².